The molecule has 12 unspecified atom stereocenters. The van der Waals surface area contributed by atoms with Crippen molar-refractivity contribution in [1.29, 1.82) is 0 Å². The molecule has 0 aromatic heterocycles. The first kappa shape index (κ1) is 84.6. The minimum Gasteiger partial charge on any atom is -0.394 e. The Morgan fingerprint density at radius 1 is 0.400 bits per heavy atom. The van der Waals surface area contributed by atoms with E-state index in [1.54, 1.807) is 0 Å². The van der Waals surface area contributed by atoms with E-state index in [1.165, 1.54) is 276 Å². The van der Waals surface area contributed by atoms with Crippen molar-refractivity contribution in [3.05, 3.63) is 24.3 Å². The molecule has 9 N–H and O–H groups in total. The summed E-state index contributed by atoms with van der Waals surface area (Å²) in [5.41, 5.74) is 0. The van der Waals surface area contributed by atoms with Gasteiger partial charge in [-0.3, -0.25) is 4.79 Å². The predicted octanol–water partition coefficient (Wildman–Crippen LogP) is 16.7. The monoisotopic (exact) mass is 1280 g/mol. The second-order valence-electron chi connectivity index (χ2n) is 27.5. The molecular formula is C76H145NO13. The van der Waals surface area contributed by atoms with E-state index in [4.69, 9.17) is 18.9 Å². The van der Waals surface area contributed by atoms with Crippen LogP contribution in [0.5, 0.6) is 0 Å². The van der Waals surface area contributed by atoms with Gasteiger partial charge in [-0.25, -0.2) is 0 Å². The Labute approximate surface area is 551 Å². The van der Waals surface area contributed by atoms with E-state index in [0.29, 0.717) is 12.8 Å². The van der Waals surface area contributed by atoms with Gasteiger partial charge in [0, 0.05) is 6.42 Å². The maximum Gasteiger partial charge on any atom is 0.220 e. The number of aliphatic hydroxyl groups excluding tert-OH is 8. The molecule has 14 nitrogen and oxygen atoms in total. The maximum atomic E-state index is 13.4. The lowest BCUT2D eigenvalue weighted by molar-refractivity contribution is -0.359. The van der Waals surface area contributed by atoms with E-state index >= 15 is 0 Å². The summed E-state index contributed by atoms with van der Waals surface area (Å²) in [6.45, 7) is 2.90. The Balaban J connectivity index is 1.55. The number of amides is 1. The Morgan fingerprint density at radius 2 is 0.733 bits per heavy atom. The molecule has 0 spiro atoms. The lowest BCUT2D eigenvalue weighted by Crippen LogP contribution is -2.65. The fraction of sp³-hybridized carbons (Fsp3) is 0.934. The van der Waals surface area contributed by atoms with Crippen molar-refractivity contribution in [2.24, 2.45) is 0 Å². The second-order valence-corrected chi connectivity index (χ2v) is 27.5. The van der Waals surface area contributed by atoms with E-state index in [1.807, 2.05) is 0 Å². The average molecular weight is 1280 g/mol. The zero-order chi connectivity index (χ0) is 65.2. The SMILES string of the molecule is CCCCCCC/C=C\C/C=C\CCCCCCCCCCCCCCCCCCCCCCCCCCCCCC(=O)NC(COC1OC(CO)C(OC2OC(CO)C(O)C(O)C2O)C(O)C1O)C(O)CCCCCCCCCCCCCCCCCCC. The van der Waals surface area contributed by atoms with Gasteiger partial charge >= 0.3 is 0 Å². The van der Waals surface area contributed by atoms with Crippen molar-refractivity contribution >= 4 is 5.91 Å². The molecule has 2 aliphatic heterocycles. The van der Waals surface area contributed by atoms with Crippen LogP contribution >= 0.6 is 0 Å². The Morgan fingerprint density at radius 3 is 1.11 bits per heavy atom. The number of rotatable bonds is 65. The molecule has 532 valence electrons. The summed E-state index contributed by atoms with van der Waals surface area (Å²) < 4.78 is 22.9. The van der Waals surface area contributed by atoms with Gasteiger partial charge < -0.3 is 65.1 Å². The summed E-state index contributed by atoms with van der Waals surface area (Å²) in [5, 5.41) is 87.6. The number of aliphatic hydroxyl groups is 8. The highest BCUT2D eigenvalue weighted by molar-refractivity contribution is 5.76. The minimum atomic E-state index is -1.78. The van der Waals surface area contributed by atoms with Crippen LogP contribution in [-0.2, 0) is 23.7 Å². The van der Waals surface area contributed by atoms with Crippen molar-refractivity contribution in [2.45, 2.75) is 434 Å². The topological polar surface area (TPSA) is 228 Å². The molecule has 2 rings (SSSR count). The third-order valence-corrected chi connectivity index (χ3v) is 19.2. The van der Waals surface area contributed by atoms with Crippen LogP contribution in [0.4, 0.5) is 0 Å². The predicted molar refractivity (Wildman–Crippen MR) is 369 cm³/mol. The fourth-order valence-electron chi connectivity index (χ4n) is 13.0. The van der Waals surface area contributed by atoms with Gasteiger partial charge in [0.05, 0.1) is 32.0 Å². The van der Waals surface area contributed by atoms with Crippen LogP contribution in [0.2, 0.25) is 0 Å². The number of carbonyl (C=O) groups is 1. The van der Waals surface area contributed by atoms with Gasteiger partial charge in [0.1, 0.15) is 48.8 Å². The molecule has 0 saturated carbocycles. The fourth-order valence-corrected chi connectivity index (χ4v) is 13.0. The summed E-state index contributed by atoms with van der Waals surface area (Å²) >= 11 is 0. The minimum absolute atomic E-state index is 0.198. The number of unbranched alkanes of at least 4 members (excludes halogenated alkanes) is 48. The third-order valence-electron chi connectivity index (χ3n) is 19.2. The molecular weight excluding hydrogens is 1130 g/mol. The molecule has 2 heterocycles. The number of ether oxygens (including phenoxy) is 4. The molecule has 2 aliphatic rings. The molecule has 90 heavy (non-hydrogen) atoms. The van der Waals surface area contributed by atoms with Crippen LogP contribution in [0.25, 0.3) is 0 Å². The molecule has 14 heteroatoms. The van der Waals surface area contributed by atoms with Crippen LogP contribution in [-0.4, -0.2) is 140 Å². The van der Waals surface area contributed by atoms with Crippen LogP contribution in [0.15, 0.2) is 24.3 Å². The first-order valence-corrected chi connectivity index (χ1v) is 38.6. The van der Waals surface area contributed by atoms with Crippen molar-refractivity contribution in [3.63, 3.8) is 0 Å². The number of allylic oxidation sites excluding steroid dienone is 4. The van der Waals surface area contributed by atoms with Gasteiger partial charge in [-0.05, 0) is 44.9 Å². The Hall–Kier alpha value is -1.53. The zero-order valence-corrected chi connectivity index (χ0v) is 58.2. The van der Waals surface area contributed by atoms with Crippen molar-refractivity contribution in [1.82, 2.24) is 5.32 Å². The first-order valence-electron chi connectivity index (χ1n) is 38.6. The summed E-state index contributed by atoms with van der Waals surface area (Å²) in [6.07, 6.45) is 60.9. The van der Waals surface area contributed by atoms with Gasteiger partial charge in [-0.1, -0.05) is 334 Å². The maximum absolute atomic E-state index is 13.4. The second kappa shape index (κ2) is 61.1. The van der Waals surface area contributed by atoms with Gasteiger partial charge in [-0.2, -0.15) is 0 Å². The summed E-state index contributed by atoms with van der Waals surface area (Å²) in [6, 6.07) is -0.826. The van der Waals surface area contributed by atoms with E-state index in [9.17, 15) is 45.6 Å². The molecule has 0 aromatic carbocycles. The van der Waals surface area contributed by atoms with Crippen molar-refractivity contribution in [2.75, 3.05) is 19.8 Å². The van der Waals surface area contributed by atoms with Crippen LogP contribution in [0, 0.1) is 0 Å². The highest BCUT2D eigenvalue weighted by Gasteiger charge is 2.51. The molecule has 0 aromatic rings. The molecule has 1 amide bonds. The molecule has 0 bridgehead atoms. The molecule has 0 radical (unpaired) electrons. The quantitative estimate of drug-likeness (QED) is 0.0204. The lowest BCUT2D eigenvalue weighted by atomic mass is 9.97. The van der Waals surface area contributed by atoms with Crippen molar-refractivity contribution in [3.8, 4) is 0 Å². The van der Waals surface area contributed by atoms with Crippen molar-refractivity contribution < 1.29 is 64.6 Å². The smallest absolute Gasteiger partial charge is 0.220 e. The summed E-state index contributed by atoms with van der Waals surface area (Å²) in [7, 11) is 0. The van der Waals surface area contributed by atoms with Gasteiger partial charge in [0.15, 0.2) is 12.6 Å². The average Bonchev–Trinajstić information content (AvgIpc) is 1.04. The van der Waals surface area contributed by atoms with E-state index < -0.39 is 86.8 Å². The standard InChI is InChI=1S/C76H145NO13/c1-3-5-7-9-11-13-15-17-19-21-22-23-24-25-26-27-28-29-30-31-32-33-34-35-36-37-38-39-40-41-42-44-46-48-50-52-54-56-58-60-68(81)77-64(65(80)59-57-55-53-51-49-47-45-43-20-18-16-14-12-10-8-6-4-2)63-87-75-73(86)71(84)74(67(62-79)89-75)90-76-72(85)70(83)69(82)66(61-78)88-76/h15,17,21-22,64-67,69-76,78-80,82-86H,3-14,16,18-20,23-63H2,1-2H3,(H,77,81)/b17-15-,22-21-. The van der Waals surface area contributed by atoms with Gasteiger partial charge in [-0.15, -0.1) is 0 Å². The Bertz CT molecular complexity index is 1600. The van der Waals surface area contributed by atoms with Gasteiger partial charge in [0.25, 0.3) is 0 Å². The molecule has 2 fully saturated rings. The molecule has 0 aliphatic carbocycles. The molecule has 12 atom stereocenters. The largest absolute Gasteiger partial charge is 0.394 e. The number of hydrogen-bond donors (Lipinski definition) is 9. The zero-order valence-electron chi connectivity index (χ0n) is 58.2. The Kier molecular flexibility index (Phi) is 57.4. The van der Waals surface area contributed by atoms with E-state index in [-0.39, 0.29) is 12.5 Å². The van der Waals surface area contributed by atoms with Crippen LogP contribution in [0.1, 0.15) is 361 Å². The van der Waals surface area contributed by atoms with E-state index in [2.05, 4.69) is 43.5 Å². The number of hydrogen-bond acceptors (Lipinski definition) is 13. The number of carbonyl (C=O) groups excluding carboxylic acids is 1. The first-order chi connectivity index (χ1) is 44.1. The van der Waals surface area contributed by atoms with Crippen LogP contribution < -0.4 is 5.32 Å². The number of nitrogens with one attached hydrogen (secondary N) is 1. The van der Waals surface area contributed by atoms with E-state index in [0.717, 1.165) is 57.8 Å². The van der Waals surface area contributed by atoms with Crippen LogP contribution in [0.3, 0.4) is 0 Å². The van der Waals surface area contributed by atoms with Gasteiger partial charge in [0.2, 0.25) is 5.91 Å². The third kappa shape index (κ3) is 44.3. The molecule has 2 saturated heterocycles. The summed E-state index contributed by atoms with van der Waals surface area (Å²) in [5.74, 6) is -0.198. The summed E-state index contributed by atoms with van der Waals surface area (Å²) in [4.78, 5) is 13.4. The normalized spacial score (nSPS) is 23.0. The lowest BCUT2D eigenvalue weighted by Gasteiger charge is -2.46. The highest BCUT2D eigenvalue weighted by Crippen LogP contribution is 2.30. The highest BCUT2D eigenvalue weighted by atomic mass is 16.7.